The fourth-order valence-electron chi connectivity index (χ4n) is 2.68. The van der Waals surface area contributed by atoms with Gasteiger partial charge >= 0.3 is 0 Å². The van der Waals surface area contributed by atoms with Crippen LogP contribution in [0.5, 0.6) is 0 Å². The number of rotatable bonds is 3. The number of thiophene rings is 1. The van der Waals surface area contributed by atoms with Gasteiger partial charge in [0, 0.05) is 11.8 Å². The predicted octanol–water partition coefficient (Wildman–Crippen LogP) is 4.93. The average molecular weight is 318 g/mol. The van der Waals surface area contributed by atoms with Crippen LogP contribution in [0.25, 0.3) is 27.5 Å². The fourth-order valence-corrected chi connectivity index (χ4v) is 3.63. The maximum Gasteiger partial charge on any atom is 0.169 e. The molecule has 0 aliphatic carbocycles. The smallest absolute Gasteiger partial charge is 0.169 e. The molecule has 0 aliphatic heterocycles. The van der Waals surface area contributed by atoms with Crippen molar-refractivity contribution < 1.29 is 4.79 Å². The molecule has 0 fully saturated rings. The van der Waals surface area contributed by atoms with E-state index in [1.807, 2.05) is 54.7 Å². The highest BCUT2D eigenvalue weighted by Crippen LogP contribution is 2.36. The van der Waals surface area contributed by atoms with Gasteiger partial charge in [-0.25, -0.2) is 4.98 Å². The number of hydrogen-bond donors (Lipinski definition) is 0. The average Bonchev–Trinajstić information content (AvgIpc) is 3.20. The molecule has 3 aromatic heterocycles. The first kappa shape index (κ1) is 13.9. The lowest BCUT2D eigenvalue weighted by Crippen LogP contribution is -1.87. The molecule has 1 aromatic carbocycles. The van der Waals surface area contributed by atoms with Crippen molar-refractivity contribution in [3.8, 4) is 21.8 Å². The normalized spacial score (nSPS) is 11.0. The molecule has 0 spiro atoms. The summed E-state index contributed by atoms with van der Waals surface area (Å²) in [7, 11) is 0. The van der Waals surface area contributed by atoms with Crippen LogP contribution >= 0.6 is 11.3 Å². The molecule has 23 heavy (non-hydrogen) atoms. The number of imidazole rings is 1. The van der Waals surface area contributed by atoms with Gasteiger partial charge in [-0.05, 0) is 31.2 Å². The molecule has 0 saturated carbocycles. The van der Waals surface area contributed by atoms with Gasteiger partial charge in [-0.15, -0.1) is 11.3 Å². The zero-order valence-corrected chi connectivity index (χ0v) is 13.4. The number of fused-ring (bicyclic) bond motifs is 1. The second kappa shape index (κ2) is 5.48. The van der Waals surface area contributed by atoms with Gasteiger partial charge in [-0.1, -0.05) is 36.4 Å². The van der Waals surface area contributed by atoms with Crippen LogP contribution in [0.1, 0.15) is 16.6 Å². The highest BCUT2D eigenvalue weighted by atomic mass is 32.1. The Bertz CT molecular complexity index is 999. The van der Waals surface area contributed by atoms with Gasteiger partial charge in [0.2, 0.25) is 0 Å². The molecule has 0 saturated heterocycles. The minimum atomic E-state index is 0.0938. The van der Waals surface area contributed by atoms with E-state index < -0.39 is 0 Å². The number of pyridine rings is 1. The van der Waals surface area contributed by atoms with Crippen molar-refractivity contribution in [1.82, 2.24) is 9.38 Å². The lowest BCUT2D eigenvalue weighted by molar-refractivity contribution is 0.102. The summed E-state index contributed by atoms with van der Waals surface area (Å²) < 4.78 is 2.08. The van der Waals surface area contributed by atoms with Gasteiger partial charge < -0.3 is 0 Å². The van der Waals surface area contributed by atoms with E-state index in [-0.39, 0.29) is 5.78 Å². The van der Waals surface area contributed by atoms with Gasteiger partial charge in [0.1, 0.15) is 5.65 Å². The summed E-state index contributed by atoms with van der Waals surface area (Å²) in [5.74, 6) is 0.0938. The number of aromatic nitrogens is 2. The van der Waals surface area contributed by atoms with E-state index in [9.17, 15) is 4.79 Å². The largest absolute Gasteiger partial charge is 0.298 e. The van der Waals surface area contributed by atoms with Crippen molar-refractivity contribution in [2.24, 2.45) is 0 Å². The Morgan fingerprint density at radius 1 is 1.00 bits per heavy atom. The number of benzene rings is 1. The van der Waals surface area contributed by atoms with Crippen LogP contribution in [0, 0.1) is 0 Å². The molecule has 0 bridgehead atoms. The summed E-state index contributed by atoms with van der Waals surface area (Å²) in [6.45, 7) is 1.60. The molecule has 0 aliphatic rings. The molecule has 0 N–H and O–H groups in total. The van der Waals surface area contributed by atoms with E-state index in [4.69, 9.17) is 4.98 Å². The lowest BCUT2D eigenvalue weighted by Gasteiger charge is -2.03. The Morgan fingerprint density at radius 2 is 1.78 bits per heavy atom. The minimum Gasteiger partial charge on any atom is -0.298 e. The maximum atomic E-state index is 11.6. The first-order valence-corrected chi connectivity index (χ1v) is 8.19. The van der Waals surface area contributed by atoms with Crippen molar-refractivity contribution in [3.63, 3.8) is 0 Å². The van der Waals surface area contributed by atoms with Crippen LogP contribution in [0.3, 0.4) is 0 Å². The SMILES string of the molecule is CC(=O)c1ccc(-c2c(-c3ccccc3)nc3ccccn23)s1. The Balaban J connectivity index is 2.01. The van der Waals surface area contributed by atoms with Gasteiger partial charge in [0.15, 0.2) is 5.78 Å². The van der Waals surface area contributed by atoms with Gasteiger partial charge in [0.05, 0.1) is 21.1 Å². The van der Waals surface area contributed by atoms with Crippen LogP contribution in [-0.4, -0.2) is 15.2 Å². The Morgan fingerprint density at radius 3 is 2.52 bits per heavy atom. The Labute approximate surface area is 137 Å². The van der Waals surface area contributed by atoms with Crippen LogP contribution in [0.2, 0.25) is 0 Å². The molecule has 112 valence electrons. The van der Waals surface area contributed by atoms with E-state index in [2.05, 4.69) is 16.5 Å². The molecule has 4 rings (SSSR count). The molecule has 0 radical (unpaired) electrons. The molecular formula is C19H14N2OS. The Hall–Kier alpha value is -2.72. The number of carbonyl (C=O) groups is 1. The number of nitrogens with zero attached hydrogens (tertiary/aromatic N) is 2. The van der Waals surface area contributed by atoms with Crippen molar-refractivity contribution in [3.05, 3.63) is 71.7 Å². The summed E-state index contributed by atoms with van der Waals surface area (Å²) in [6, 6.07) is 20.0. The van der Waals surface area contributed by atoms with E-state index >= 15 is 0 Å². The van der Waals surface area contributed by atoms with Crippen LogP contribution in [0.4, 0.5) is 0 Å². The number of ketones is 1. The first-order valence-electron chi connectivity index (χ1n) is 7.38. The predicted molar refractivity (Wildman–Crippen MR) is 93.9 cm³/mol. The molecule has 0 amide bonds. The maximum absolute atomic E-state index is 11.6. The molecule has 4 aromatic rings. The molecule has 0 unspecified atom stereocenters. The van der Waals surface area contributed by atoms with Crippen molar-refractivity contribution in [1.29, 1.82) is 0 Å². The fraction of sp³-hybridized carbons (Fsp3) is 0.0526. The van der Waals surface area contributed by atoms with Crippen LogP contribution in [-0.2, 0) is 0 Å². The quantitative estimate of drug-likeness (QED) is 0.502. The van der Waals surface area contributed by atoms with E-state index in [0.29, 0.717) is 0 Å². The highest BCUT2D eigenvalue weighted by molar-refractivity contribution is 7.17. The third-order valence-electron chi connectivity index (χ3n) is 3.76. The summed E-state index contributed by atoms with van der Waals surface area (Å²) in [4.78, 5) is 18.3. The van der Waals surface area contributed by atoms with Gasteiger partial charge in [0.25, 0.3) is 0 Å². The van der Waals surface area contributed by atoms with Crippen molar-refractivity contribution >= 4 is 22.8 Å². The standard InChI is InChI=1S/C19H14N2OS/c1-13(22)15-10-11-16(23-15)19-18(14-7-3-2-4-8-14)20-17-9-5-6-12-21(17)19/h2-12H,1H3. The minimum absolute atomic E-state index is 0.0938. The molecule has 3 heterocycles. The lowest BCUT2D eigenvalue weighted by atomic mass is 10.1. The summed E-state index contributed by atoms with van der Waals surface area (Å²) in [6.07, 6.45) is 2.01. The van der Waals surface area contributed by atoms with Crippen molar-refractivity contribution in [2.75, 3.05) is 0 Å². The van der Waals surface area contributed by atoms with E-state index in [1.165, 1.54) is 11.3 Å². The summed E-state index contributed by atoms with van der Waals surface area (Å²) >= 11 is 1.51. The highest BCUT2D eigenvalue weighted by Gasteiger charge is 2.17. The second-order valence-corrected chi connectivity index (χ2v) is 6.41. The van der Waals surface area contributed by atoms with Crippen LogP contribution in [0.15, 0.2) is 66.9 Å². The third kappa shape index (κ3) is 2.37. The molecule has 3 nitrogen and oxygen atoms in total. The third-order valence-corrected chi connectivity index (χ3v) is 4.96. The number of hydrogen-bond acceptors (Lipinski definition) is 3. The number of carbonyl (C=O) groups excluding carboxylic acids is 1. The molecular weight excluding hydrogens is 304 g/mol. The van der Waals surface area contributed by atoms with Crippen LogP contribution < -0.4 is 0 Å². The number of Topliss-reactive ketones (excluding diaryl/α,β-unsaturated/α-hetero) is 1. The Kier molecular flexibility index (Phi) is 3.32. The van der Waals surface area contributed by atoms with E-state index in [1.54, 1.807) is 6.92 Å². The molecule has 4 heteroatoms. The summed E-state index contributed by atoms with van der Waals surface area (Å²) in [5, 5.41) is 0. The van der Waals surface area contributed by atoms with E-state index in [0.717, 1.165) is 32.4 Å². The zero-order chi connectivity index (χ0) is 15.8. The van der Waals surface area contributed by atoms with Crippen molar-refractivity contribution in [2.45, 2.75) is 6.92 Å². The second-order valence-electron chi connectivity index (χ2n) is 5.32. The summed E-state index contributed by atoms with van der Waals surface area (Å²) in [5.41, 5.74) is 3.95. The topological polar surface area (TPSA) is 34.4 Å². The van der Waals surface area contributed by atoms with Gasteiger partial charge in [-0.2, -0.15) is 0 Å². The zero-order valence-electron chi connectivity index (χ0n) is 12.6. The van der Waals surface area contributed by atoms with Gasteiger partial charge in [-0.3, -0.25) is 9.20 Å². The molecule has 0 atom stereocenters. The monoisotopic (exact) mass is 318 g/mol. The first-order chi connectivity index (χ1) is 11.2.